The average Bonchev–Trinajstić information content (AvgIpc) is 3.25. The standard InChI is InChI=1S/C22H24F2N4O4/c1-25-22(27-11-20(29)28-7-6-14-4-2-3-5-15(14)12-28)26-10-16-8-18-19(31-13-30-18)9-17(16)32-21(23)24/h2-5,8-9,21H,6-7,10-13H2,1H3,(H2,25,26,27). The maximum Gasteiger partial charge on any atom is 0.387 e. The van der Waals surface area contributed by atoms with Gasteiger partial charge in [-0.15, -0.1) is 0 Å². The molecule has 0 saturated heterocycles. The first-order valence-corrected chi connectivity index (χ1v) is 10.2. The first-order valence-electron chi connectivity index (χ1n) is 10.2. The van der Waals surface area contributed by atoms with Crippen molar-refractivity contribution in [2.75, 3.05) is 26.9 Å². The van der Waals surface area contributed by atoms with Gasteiger partial charge in [-0.1, -0.05) is 24.3 Å². The summed E-state index contributed by atoms with van der Waals surface area (Å²) >= 11 is 0. The number of benzene rings is 2. The van der Waals surface area contributed by atoms with Crippen molar-refractivity contribution < 1.29 is 27.8 Å². The highest BCUT2D eigenvalue weighted by Crippen LogP contribution is 2.38. The van der Waals surface area contributed by atoms with E-state index in [0.717, 1.165) is 12.0 Å². The summed E-state index contributed by atoms with van der Waals surface area (Å²) < 4.78 is 40.8. The molecule has 4 rings (SSSR count). The van der Waals surface area contributed by atoms with Gasteiger partial charge < -0.3 is 29.7 Å². The van der Waals surface area contributed by atoms with Crippen LogP contribution in [0.5, 0.6) is 17.2 Å². The van der Waals surface area contributed by atoms with Crippen molar-refractivity contribution in [2.45, 2.75) is 26.1 Å². The van der Waals surface area contributed by atoms with Gasteiger partial charge in [0, 0.05) is 38.3 Å². The van der Waals surface area contributed by atoms with E-state index in [1.54, 1.807) is 18.0 Å². The number of amides is 1. The van der Waals surface area contributed by atoms with Crippen LogP contribution >= 0.6 is 0 Å². The fourth-order valence-corrected chi connectivity index (χ4v) is 3.69. The molecule has 2 N–H and O–H groups in total. The van der Waals surface area contributed by atoms with Crippen molar-refractivity contribution in [1.82, 2.24) is 15.5 Å². The number of hydrogen-bond donors (Lipinski definition) is 2. The molecule has 0 fully saturated rings. The van der Waals surface area contributed by atoms with E-state index in [9.17, 15) is 13.6 Å². The summed E-state index contributed by atoms with van der Waals surface area (Å²) in [6.07, 6.45) is 0.825. The molecule has 170 valence electrons. The molecule has 0 unspecified atom stereocenters. The first-order chi connectivity index (χ1) is 15.5. The van der Waals surface area contributed by atoms with Crippen LogP contribution in [0.25, 0.3) is 0 Å². The lowest BCUT2D eigenvalue weighted by atomic mass is 10.00. The Morgan fingerprint density at radius 3 is 2.69 bits per heavy atom. The lowest BCUT2D eigenvalue weighted by molar-refractivity contribution is -0.130. The summed E-state index contributed by atoms with van der Waals surface area (Å²) in [6.45, 7) is -1.53. The first kappa shape index (κ1) is 21.7. The molecule has 0 spiro atoms. The molecule has 8 nitrogen and oxygen atoms in total. The van der Waals surface area contributed by atoms with Crippen molar-refractivity contribution in [3.05, 3.63) is 53.1 Å². The van der Waals surface area contributed by atoms with Gasteiger partial charge in [0.25, 0.3) is 0 Å². The van der Waals surface area contributed by atoms with E-state index in [-0.39, 0.29) is 31.5 Å². The molecular weight excluding hydrogens is 422 g/mol. The molecule has 10 heteroatoms. The van der Waals surface area contributed by atoms with Crippen molar-refractivity contribution in [3.8, 4) is 17.2 Å². The topological polar surface area (TPSA) is 84.4 Å². The Labute approximate surface area is 184 Å². The van der Waals surface area contributed by atoms with Gasteiger partial charge in [0.05, 0.1) is 6.54 Å². The quantitative estimate of drug-likeness (QED) is 0.523. The van der Waals surface area contributed by atoms with Gasteiger partial charge in [-0.2, -0.15) is 8.78 Å². The molecule has 0 bridgehead atoms. The van der Waals surface area contributed by atoms with E-state index in [1.165, 1.54) is 11.6 Å². The predicted molar refractivity (Wildman–Crippen MR) is 113 cm³/mol. The number of carbonyl (C=O) groups is 1. The average molecular weight is 446 g/mol. The fraction of sp³-hybridized carbons (Fsp3) is 0.364. The fourth-order valence-electron chi connectivity index (χ4n) is 3.69. The van der Waals surface area contributed by atoms with Crippen molar-refractivity contribution in [1.29, 1.82) is 0 Å². The minimum Gasteiger partial charge on any atom is -0.454 e. The maximum absolute atomic E-state index is 12.8. The zero-order valence-corrected chi connectivity index (χ0v) is 17.6. The van der Waals surface area contributed by atoms with Crippen LogP contribution < -0.4 is 24.8 Å². The molecule has 0 aliphatic carbocycles. The third-order valence-electron chi connectivity index (χ3n) is 5.33. The summed E-state index contributed by atoms with van der Waals surface area (Å²) in [4.78, 5) is 18.6. The monoisotopic (exact) mass is 446 g/mol. The lowest BCUT2D eigenvalue weighted by Gasteiger charge is -2.29. The number of hydrogen-bond acceptors (Lipinski definition) is 5. The molecule has 2 heterocycles. The second-order valence-electron chi connectivity index (χ2n) is 7.31. The van der Waals surface area contributed by atoms with Gasteiger partial charge in [0.2, 0.25) is 12.7 Å². The smallest absolute Gasteiger partial charge is 0.387 e. The van der Waals surface area contributed by atoms with Gasteiger partial charge in [-0.25, -0.2) is 0 Å². The SMILES string of the molecule is CN=C(NCC(=O)N1CCc2ccccc2C1)NCc1cc2c(cc1OC(F)F)OCO2. The zero-order valence-electron chi connectivity index (χ0n) is 17.6. The largest absolute Gasteiger partial charge is 0.454 e. The highest BCUT2D eigenvalue weighted by atomic mass is 19.3. The molecule has 1 amide bonds. The molecular formula is C22H24F2N4O4. The van der Waals surface area contributed by atoms with E-state index in [1.807, 2.05) is 18.2 Å². The number of nitrogens with one attached hydrogen (secondary N) is 2. The predicted octanol–water partition coefficient (Wildman–Crippen LogP) is 2.27. The molecule has 0 atom stereocenters. The number of carbonyl (C=O) groups excluding carboxylic acids is 1. The third kappa shape index (κ3) is 5.01. The summed E-state index contributed by atoms with van der Waals surface area (Å²) in [5.74, 6) is 1.09. The summed E-state index contributed by atoms with van der Waals surface area (Å²) in [5, 5.41) is 5.99. The Hall–Kier alpha value is -3.56. The molecule has 32 heavy (non-hydrogen) atoms. The van der Waals surface area contributed by atoms with Crippen LogP contribution in [0.1, 0.15) is 16.7 Å². The zero-order chi connectivity index (χ0) is 22.5. The van der Waals surface area contributed by atoms with E-state index >= 15 is 0 Å². The van der Waals surface area contributed by atoms with E-state index in [2.05, 4.69) is 26.4 Å². The van der Waals surface area contributed by atoms with Crippen LogP contribution in [0.4, 0.5) is 8.78 Å². The normalized spacial score (nSPS) is 14.9. The number of aliphatic imine (C=N–C) groups is 1. The Morgan fingerprint density at radius 2 is 1.94 bits per heavy atom. The van der Waals surface area contributed by atoms with Crippen LogP contribution in [-0.4, -0.2) is 50.3 Å². The Morgan fingerprint density at radius 1 is 1.19 bits per heavy atom. The van der Waals surface area contributed by atoms with Crippen LogP contribution in [0, 0.1) is 0 Å². The number of guanidine groups is 1. The Bertz CT molecular complexity index is 1020. The second-order valence-corrected chi connectivity index (χ2v) is 7.31. The van der Waals surface area contributed by atoms with E-state index < -0.39 is 6.61 Å². The molecule has 2 aromatic carbocycles. The van der Waals surface area contributed by atoms with Gasteiger partial charge in [-0.05, 0) is 23.6 Å². The number of alkyl halides is 2. The minimum absolute atomic E-state index is 0.0183. The molecule has 2 aliphatic heterocycles. The van der Waals surface area contributed by atoms with Gasteiger partial charge in [0.15, 0.2) is 17.5 Å². The highest BCUT2D eigenvalue weighted by molar-refractivity contribution is 5.86. The van der Waals surface area contributed by atoms with Gasteiger partial charge in [-0.3, -0.25) is 9.79 Å². The number of fused-ring (bicyclic) bond motifs is 2. The summed E-state index contributed by atoms with van der Waals surface area (Å²) in [6, 6.07) is 11.1. The molecule has 2 aliphatic rings. The van der Waals surface area contributed by atoms with Crippen LogP contribution in [0.15, 0.2) is 41.4 Å². The van der Waals surface area contributed by atoms with Crippen molar-refractivity contribution in [3.63, 3.8) is 0 Å². The summed E-state index contributed by atoms with van der Waals surface area (Å²) in [7, 11) is 1.56. The van der Waals surface area contributed by atoms with Gasteiger partial charge >= 0.3 is 6.61 Å². The third-order valence-corrected chi connectivity index (χ3v) is 5.33. The van der Waals surface area contributed by atoms with Crippen LogP contribution in [0.3, 0.4) is 0 Å². The lowest BCUT2D eigenvalue weighted by Crippen LogP contribution is -2.45. The maximum atomic E-state index is 12.8. The number of nitrogens with zero attached hydrogens (tertiary/aromatic N) is 2. The molecule has 2 aromatic rings. The molecule has 0 aromatic heterocycles. The summed E-state index contributed by atoms with van der Waals surface area (Å²) in [5.41, 5.74) is 2.87. The number of ether oxygens (including phenoxy) is 3. The van der Waals surface area contributed by atoms with Crippen molar-refractivity contribution >= 4 is 11.9 Å². The van der Waals surface area contributed by atoms with E-state index in [4.69, 9.17) is 9.47 Å². The van der Waals surface area contributed by atoms with Gasteiger partial charge in [0.1, 0.15) is 5.75 Å². The second kappa shape index (κ2) is 9.71. The van der Waals surface area contributed by atoms with Crippen LogP contribution in [0.2, 0.25) is 0 Å². The number of rotatable bonds is 6. The minimum atomic E-state index is -2.97. The molecule has 0 radical (unpaired) electrons. The Kier molecular flexibility index (Phi) is 6.58. The van der Waals surface area contributed by atoms with E-state index in [0.29, 0.717) is 36.1 Å². The number of halogens is 2. The highest BCUT2D eigenvalue weighted by Gasteiger charge is 2.22. The van der Waals surface area contributed by atoms with Crippen molar-refractivity contribution in [2.24, 2.45) is 4.99 Å². The molecule has 0 saturated carbocycles. The Balaban J connectivity index is 1.33. The van der Waals surface area contributed by atoms with Crippen LogP contribution in [-0.2, 0) is 24.3 Å².